The van der Waals surface area contributed by atoms with Gasteiger partial charge in [0.25, 0.3) is 0 Å². The van der Waals surface area contributed by atoms with Gasteiger partial charge < -0.3 is 25.2 Å². The van der Waals surface area contributed by atoms with Gasteiger partial charge in [-0.15, -0.1) is 0 Å². The number of nitrogens with zero attached hydrogens (tertiary/aromatic N) is 3. The number of aryl methyl sites for hydroxylation is 2. The lowest BCUT2D eigenvalue weighted by Crippen LogP contribution is -2.47. The summed E-state index contributed by atoms with van der Waals surface area (Å²) >= 11 is 0. The Kier molecular flexibility index (Phi) is 7.71. The molecule has 216 valence electrons. The number of anilines is 2. The third kappa shape index (κ3) is 5.12. The molecule has 7 nitrogen and oxygen atoms in total. The van der Waals surface area contributed by atoms with Crippen molar-refractivity contribution in [3.8, 4) is 0 Å². The lowest BCUT2D eigenvalue weighted by molar-refractivity contribution is -0.108. The van der Waals surface area contributed by atoms with Crippen LogP contribution in [0.25, 0.3) is 10.9 Å². The molecule has 2 heterocycles. The fraction of sp³-hybridized carbons (Fsp3) is 0.533. The minimum atomic E-state index is -3.72. The monoisotopic (exact) mass is 558 g/mol. The van der Waals surface area contributed by atoms with Crippen LogP contribution in [0.2, 0.25) is 0 Å². The van der Waals surface area contributed by atoms with Crippen LogP contribution < -0.4 is 10.2 Å². The van der Waals surface area contributed by atoms with E-state index in [1.807, 2.05) is 0 Å². The van der Waals surface area contributed by atoms with Crippen LogP contribution in [-0.4, -0.2) is 58.7 Å². The highest BCUT2D eigenvalue weighted by Crippen LogP contribution is 2.41. The Hall–Kier alpha value is -2.95. The van der Waals surface area contributed by atoms with Crippen molar-refractivity contribution in [1.82, 2.24) is 9.97 Å². The molecular weight excluding hydrogens is 521 g/mol. The number of hydrogen-bond donors (Lipinski definition) is 3. The summed E-state index contributed by atoms with van der Waals surface area (Å²) in [5.41, 5.74) is 2.76. The first kappa shape index (κ1) is 28.6. The Balaban J connectivity index is 1.53. The predicted octanol–water partition coefficient (Wildman–Crippen LogP) is 5.19. The maximum atomic E-state index is 15.4. The van der Waals surface area contributed by atoms with Gasteiger partial charge in [-0.25, -0.2) is 14.4 Å². The number of aliphatic hydroxyl groups is 2. The molecule has 3 aromatic rings. The van der Waals surface area contributed by atoms with Crippen molar-refractivity contribution < 1.29 is 28.1 Å². The molecule has 0 spiro atoms. The summed E-state index contributed by atoms with van der Waals surface area (Å²) in [6, 6.07) is 5.21. The predicted molar refractivity (Wildman–Crippen MR) is 149 cm³/mol. The van der Waals surface area contributed by atoms with Gasteiger partial charge in [0.15, 0.2) is 0 Å². The number of piperidine rings is 1. The summed E-state index contributed by atoms with van der Waals surface area (Å²) in [6.07, 6.45) is 1.99. The molecule has 3 N–H and O–H groups in total. The van der Waals surface area contributed by atoms with Crippen molar-refractivity contribution in [2.24, 2.45) is 0 Å². The summed E-state index contributed by atoms with van der Waals surface area (Å²) in [5, 5.41) is 24.5. The molecular formula is C30H37F3N4O3. The highest BCUT2D eigenvalue weighted by atomic mass is 19.3. The van der Waals surface area contributed by atoms with E-state index in [1.165, 1.54) is 23.3 Å². The van der Waals surface area contributed by atoms with Crippen LogP contribution in [0, 0.1) is 12.7 Å². The molecule has 1 aliphatic carbocycles. The number of methoxy groups -OCH3 is 1. The van der Waals surface area contributed by atoms with E-state index in [2.05, 4.69) is 21.3 Å². The summed E-state index contributed by atoms with van der Waals surface area (Å²) in [7, 11) is 1.60. The van der Waals surface area contributed by atoms with E-state index in [4.69, 9.17) is 9.72 Å². The minimum Gasteiger partial charge on any atom is -0.387 e. The summed E-state index contributed by atoms with van der Waals surface area (Å²) < 4.78 is 49.7. The van der Waals surface area contributed by atoms with Gasteiger partial charge in [-0.05, 0) is 76.1 Å². The van der Waals surface area contributed by atoms with Gasteiger partial charge in [0, 0.05) is 36.8 Å². The smallest absolute Gasteiger partial charge is 0.301 e. The quantitative estimate of drug-likeness (QED) is 0.351. The number of alkyl halides is 2. The molecule has 0 unspecified atom stereocenters. The van der Waals surface area contributed by atoms with E-state index in [1.54, 1.807) is 21.0 Å². The second-order valence-corrected chi connectivity index (χ2v) is 11.2. The molecule has 0 amide bonds. The number of rotatable bonds is 8. The molecule has 2 atom stereocenters. The third-order valence-corrected chi connectivity index (χ3v) is 8.33. The molecule has 2 aromatic carbocycles. The van der Waals surface area contributed by atoms with Crippen molar-refractivity contribution in [3.05, 3.63) is 58.2 Å². The topological polar surface area (TPSA) is 90.7 Å². The van der Waals surface area contributed by atoms with Gasteiger partial charge in [-0.2, -0.15) is 8.78 Å². The molecule has 1 saturated heterocycles. The largest absolute Gasteiger partial charge is 0.387 e. The van der Waals surface area contributed by atoms with E-state index in [0.717, 1.165) is 48.8 Å². The molecule has 40 heavy (non-hydrogen) atoms. The normalized spacial score (nSPS) is 18.6. The molecule has 5 rings (SSSR count). The second-order valence-electron chi connectivity index (χ2n) is 11.2. The van der Waals surface area contributed by atoms with E-state index in [9.17, 15) is 19.0 Å². The van der Waals surface area contributed by atoms with Crippen molar-refractivity contribution in [3.63, 3.8) is 0 Å². The molecule has 10 heteroatoms. The zero-order chi connectivity index (χ0) is 28.8. The highest BCUT2D eigenvalue weighted by molar-refractivity contribution is 5.96. The van der Waals surface area contributed by atoms with Crippen molar-refractivity contribution in [2.75, 3.05) is 37.0 Å². The lowest BCUT2D eigenvalue weighted by atomic mass is 9.91. The van der Waals surface area contributed by atoms with E-state index < -0.39 is 35.1 Å². The molecule has 1 fully saturated rings. The third-order valence-electron chi connectivity index (χ3n) is 8.33. The Morgan fingerprint density at radius 3 is 2.52 bits per heavy atom. The number of benzene rings is 2. The number of aliphatic hydroxyl groups excluding tert-OH is 1. The van der Waals surface area contributed by atoms with Gasteiger partial charge in [-0.1, -0.05) is 12.1 Å². The average molecular weight is 559 g/mol. The van der Waals surface area contributed by atoms with Gasteiger partial charge in [0.1, 0.15) is 23.6 Å². The second kappa shape index (κ2) is 10.8. The van der Waals surface area contributed by atoms with Crippen LogP contribution in [0.15, 0.2) is 24.3 Å². The number of fused-ring (bicyclic) bond motifs is 3. The highest BCUT2D eigenvalue weighted by Gasteiger charge is 2.41. The SMILES string of the molecule is COCC1(O)CCN(c2cc3c(N[C@H](C)c4cccc(C(F)(F)[C@@H](C)O)c4F)nc(C)nc3c3c2CCC3)CC1. The summed E-state index contributed by atoms with van der Waals surface area (Å²) in [4.78, 5) is 11.7. The first-order chi connectivity index (χ1) is 18.9. The molecule has 0 bridgehead atoms. The summed E-state index contributed by atoms with van der Waals surface area (Å²) in [6.45, 7) is 6.10. The number of ether oxygens (including phenoxy) is 1. The van der Waals surface area contributed by atoms with Crippen molar-refractivity contribution in [1.29, 1.82) is 0 Å². The fourth-order valence-electron chi connectivity index (χ4n) is 6.08. The van der Waals surface area contributed by atoms with Crippen LogP contribution in [0.3, 0.4) is 0 Å². The first-order valence-electron chi connectivity index (χ1n) is 13.9. The van der Waals surface area contributed by atoms with E-state index in [0.29, 0.717) is 44.2 Å². The lowest BCUT2D eigenvalue weighted by Gasteiger charge is -2.39. The van der Waals surface area contributed by atoms with Gasteiger partial charge in [-0.3, -0.25) is 0 Å². The Labute approximate surface area is 232 Å². The molecule has 2 aliphatic rings. The number of aromatic nitrogens is 2. The molecule has 1 aromatic heterocycles. The van der Waals surface area contributed by atoms with Gasteiger partial charge >= 0.3 is 5.92 Å². The molecule has 1 aliphatic heterocycles. The first-order valence-corrected chi connectivity index (χ1v) is 13.9. The van der Waals surface area contributed by atoms with Crippen LogP contribution >= 0.6 is 0 Å². The van der Waals surface area contributed by atoms with Crippen LogP contribution in [0.4, 0.5) is 24.7 Å². The maximum absolute atomic E-state index is 15.4. The summed E-state index contributed by atoms with van der Waals surface area (Å²) in [5.74, 6) is -3.72. The van der Waals surface area contributed by atoms with Crippen LogP contribution in [-0.2, 0) is 23.5 Å². The van der Waals surface area contributed by atoms with Gasteiger partial charge in [0.2, 0.25) is 0 Å². The zero-order valence-corrected chi connectivity index (χ0v) is 23.4. The van der Waals surface area contributed by atoms with Crippen molar-refractivity contribution >= 4 is 22.4 Å². The minimum absolute atomic E-state index is 0.0529. The standard InChI is InChI=1S/C30H37F3N4O3/c1-17(20-7-6-10-24(26(20)31)30(32,33)18(2)38)34-28-23-15-25(37-13-11-29(39,12-14-37)16-40-4)21-8-5-9-22(21)27(23)35-19(3)36-28/h6-7,10,15,17-18,38-39H,5,8-9,11-14,16H2,1-4H3,(H,34,35,36)/t17-,18-/m1/s1. The fourth-order valence-corrected chi connectivity index (χ4v) is 6.08. The zero-order valence-electron chi connectivity index (χ0n) is 23.4. The van der Waals surface area contributed by atoms with Gasteiger partial charge in [0.05, 0.1) is 29.3 Å². The average Bonchev–Trinajstić information content (AvgIpc) is 3.39. The number of halogens is 3. The van der Waals surface area contributed by atoms with E-state index >= 15 is 4.39 Å². The van der Waals surface area contributed by atoms with E-state index in [-0.39, 0.29) is 5.56 Å². The number of nitrogens with one attached hydrogen (secondary N) is 1. The molecule has 0 saturated carbocycles. The Morgan fingerprint density at radius 2 is 1.85 bits per heavy atom. The van der Waals surface area contributed by atoms with Crippen molar-refractivity contribution in [2.45, 2.75) is 76.5 Å². The maximum Gasteiger partial charge on any atom is 0.301 e. The van der Waals surface area contributed by atoms with Crippen LogP contribution in [0.5, 0.6) is 0 Å². The van der Waals surface area contributed by atoms with Crippen LogP contribution in [0.1, 0.15) is 67.2 Å². The molecule has 0 radical (unpaired) electrons. The Morgan fingerprint density at radius 1 is 1.15 bits per heavy atom. The number of hydrogen-bond acceptors (Lipinski definition) is 7. The Bertz CT molecular complexity index is 1410.